The zero-order valence-electron chi connectivity index (χ0n) is 14.3. The first kappa shape index (κ1) is 21.0. The highest BCUT2D eigenvalue weighted by atomic mass is 19.4. The van der Waals surface area contributed by atoms with Gasteiger partial charge in [-0.3, -0.25) is 0 Å². The van der Waals surface area contributed by atoms with Crippen LogP contribution in [0.15, 0.2) is 18.2 Å². The first-order valence-electron chi connectivity index (χ1n) is 7.48. The number of halogens is 4. The molecule has 0 aliphatic carbocycles. The van der Waals surface area contributed by atoms with Crippen molar-refractivity contribution in [2.75, 3.05) is 13.7 Å². The highest BCUT2D eigenvalue weighted by Gasteiger charge is 2.61. The molecule has 1 atom stereocenters. The molecule has 1 rings (SSSR count). The van der Waals surface area contributed by atoms with E-state index in [1.54, 1.807) is 0 Å². The number of allylic oxidation sites excluding steroid dienone is 1. The average Bonchev–Trinajstić information content (AvgIpc) is 2.54. The Morgan fingerprint density at radius 2 is 1.92 bits per heavy atom. The summed E-state index contributed by atoms with van der Waals surface area (Å²) in [6, 6.07) is 2.31. The Kier molecular flexibility index (Phi) is 6.59. The van der Waals surface area contributed by atoms with E-state index in [0.29, 0.717) is 0 Å². The van der Waals surface area contributed by atoms with Gasteiger partial charge in [-0.1, -0.05) is 6.08 Å². The summed E-state index contributed by atoms with van der Waals surface area (Å²) in [4.78, 5) is 11.8. The minimum Gasteiger partial charge on any atom is -0.496 e. The summed E-state index contributed by atoms with van der Waals surface area (Å²) in [7, 11) is 1.25. The number of carbonyl (C=O) groups excluding carboxylic acids is 1. The first-order chi connectivity index (χ1) is 11.5. The van der Waals surface area contributed by atoms with Gasteiger partial charge in [-0.25, -0.2) is 9.18 Å². The van der Waals surface area contributed by atoms with Crippen molar-refractivity contribution < 1.29 is 36.9 Å². The van der Waals surface area contributed by atoms with Crippen LogP contribution in [0, 0.1) is 12.7 Å². The van der Waals surface area contributed by atoms with Crippen molar-refractivity contribution in [3.8, 4) is 5.75 Å². The zero-order chi connectivity index (χ0) is 19.4. The highest BCUT2D eigenvalue weighted by Crippen LogP contribution is 2.41. The third kappa shape index (κ3) is 4.12. The van der Waals surface area contributed by atoms with E-state index in [-0.39, 0.29) is 29.1 Å². The van der Waals surface area contributed by atoms with Gasteiger partial charge in [0.25, 0.3) is 5.60 Å². The lowest BCUT2D eigenvalue weighted by Gasteiger charge is -2.29. The molecule has 0 aliphatic heterocycles. The lowest BCUT2D eigenvalue weighted by atomic mass is 9.88. The molecular weight excluding hydrogens is 344 g/mol. The monoisotopic (exact) mass is 364 g/mol. The Bertz CT molecular complexity index is 667. The van der Waals surface area contributed by atoms with Crippen molar-refractivity contribution in [2.45, 2.75) is 39.0 Å². The number of hydrogen-bond donors (Lipinski definition) is 1. The minimum absolute atomic E-state index is 0.0292. The number of benzene rings is 1. The van der Waals surface area contributed by atoms with E-state index in [0.717, 1.165) is 6.07 Å². The smallest absolute Gasteiger partial charge is 0.428 e. The molecule has 0 saturated heterocycles. The number of carbonyl (C=O) groups is 1. The molecule has 0 fully saturated rings. The number of hydrogen-bond acceptors (Lipinski definition) is 4. The molecule has 0 amide bonds. The van der Waals surface area contributed by atoms with Gasteiger partial charge in [0.1, 0.15) is 11.6 Å². The van der Waals surface area contributed by atoms with E-state index in [9.17, 15) is 27.5 Å². The van der Waals surface area contributed by atoms with Crippen LogP contribution in [0.2, 0.25) is 0 Å². The summed E-state index contributed by atoms with van der Waals surface area (Å²) in [5.74, 6) is -2.35. The Morgan fingerprint density at radius 3 is 2.36 bits per heavy atom. The van der Waals surface area contributed by atoms with Crippen LogP contribution in [0.4, 0.5) is 17.6 Å². The van der Waals surface area contributed by atoms with Gasteiger partial charge in [0.2, 0.25) is 0 Å². The number of methoxy groups -OCH3 is 1. The van der Waals surface area contributed by atoms with Crippen molar-refractivity contribution in [2.24, 2.45) is 0 Å². The van der Waals surface area contributed by atoms with Crippen LogP contribution >= 0.6 is 0 Å². The van der Waals surface area contributed by atoms with E-state index >= 15 is 0 Å². The number of ether oxygens (including phenoxy) is 2. The lowest BCUT2D eigenvalue weighted by molar-refractivity contribution is -0.260. The van der Waals surface area contributed by atoms with E-state index in [2.05, 4.69) is 4.74 Å². The van der Waals surface area contributed by atoms with E-state index in [4.69, 9.17) is 4.74 Å². The van der Waals surface area contributed by atoms with Crippen LogP contribution in [-0.2, 0) is 9.53 Å². The second kappa shape index (κ2) is 7.86. The SMILES string of the molecule is CC=C(C[C@@](O)(C(=O)OCC)C(F)(F)F)c1ccc(F)c(C)c1OC. The predicted molar refractivity (Wildman–Crippen MR) is 83.6 cm³/mol. The maximum Gasteiger partial charge on any atom is 0.428 e. The largest absolute Gasteiger partial charge is 0.496 e. The molecule has 0 heterocycles. The Hall–Kier alpha value is -2.09. The molecule has 0 radical (unpaired) electrons. The summed E-state index contributed by atoms with van der Waals surface area (Å²) in [5, 5.41) is 10.0. The molecule has 25 heavy (non-hydrogen) atoms. The van der Waals surface area contributed by atoms with Gasteiger partial charge in [0.15, 0.2) is 0 Å². The number of aliphatic hydroxyl groups is 1. The van der Waals surface area contributed by atoms with Crippen LogP contribution in [0.5, 0.6) is 5.75 Å². The first-order valence-corrected chi connectivity index (χ1v) is 7.48. The number of rotatable bonds is 6. The second-order valence-corrected chi connectivity index (χ2v) is 5.32. The summed E-state index contributed by atoms with van der Waals surface area (Å²) in [5.41, 5.74) is -3.51. The standard InChI is InChI=1S/C17H20F4O4/c1-5-11(12-7-8-13(18)10(3)14(12)24-4)9-16(23,17(19,20)21)15(22)25-6-2/h5,7-8,23H,6,9H2,1-4H3/t16-/m1/s1. The van der Waals surface area contributed by atoms with Gasteiger partial charge in [0, 0.05) is 17.5 Å². The van der Waals surface area contributed by atoms with Crippen molar-refractivity contribution >= 4 is 11.5 Å². The summed E-state index contributed by atoms with van der Waals surface area (Å²) in [6.07, 6.45) is -5.05. The van der Waals surface area contributed by atoms with Crippen LogP contribution in [0.1, 0.15) is 31.4 Å². The van der Waals surface area contributed by atoms with Gasteiger partial charge in [0.05, 0.1) is 13.7 Å². The Balaban J connectivity index is 3.42. The maximum atomic E-state index is 13.7. The molecule has 4 nitrogen and oxygen atoms in total. The molecule has 0 spiro atoms. The molecule has 0 bridgehead atoms. The van der Waals surface area contributed by atoms with Crippen LogP contribution in [-0.4, -0.2) is 36.6 Å². The number of alkyl halides is 3. The molecule has 1 N–H and O–H groups in total. The quantitative estimate of drug-likeness (QED) is 0.616. The maximum absolute atomic E-state index is 13.7. The fourth-order valence-electron chi connectivity index (χ4n) is 2.35. The highest BCUT2D eigenvalue weighted by molar-refractivity contribution is 5.85. The third-order valence-electron chi connectivity index (χ3n) is 3.77. The topological polar surface area (TPSA) is 55.8 Å². The summed E-state index contributed by atoms with van der Waals surface area (Å²) in [6.45, 7) is 3.86. The van der Waals surface area contributed by atoms with Crippen LogP contribution < -0.4 is 4.74 Å². The normalized spacial score (nSPS) is 14.8. The van der Waals surface area contributed by atoms with E-state index < -0.39 is 30.0 Å². The zero-order valence-corrected chi connectivity index (χ0v) is 14.3. The molecule has 1 aromatic carbocycles. The third-order valence-corrected chi connectivity index (χ3v) is 3.77. The minimum atomic E-state index is -5.25. The predicted octanol–water partition coefficient (Wildman–Crippen LogP) is 3.79. The molecule has 0 unspecified atom stereocenters. The van der Waals surface area contributed by atoms with Crippen LogP contribution in [0.25, 0.3) is 5.57 Å². The van der Waals surface area contributed by atoms with Crippen molar-refractivity contribution in [3.63, 3.8) is 0 Å². The fraction of sp³-hybridized carbons (Fsp3) is 0.471. The Labute approximate surface area is 143 Å². The van der Waals surface area contributed by atoms with Crippen molar-refractivity contribution in [1.82, 2.24) is 0 Å². The van der Waals surface area contributed by atoms with Gasteiger partial charge < -0.3 is 14.6 Å². The summed E-state index contributed by atoms with van der Waals surface area (Å²) < 4.78 is 63.2. The van der Waals surface area contributed by atoms with Gasteiger partial charge >= 0.3 is 12.1 Å². The van der Waals surface area contributed by atoms with E-state index in [1.807, 2.05) is 0 Å². The van der Waals surface area contributed by atoms with Crippen molar-refractivity contribution in [3.05, 3.63) is 35.2 Å². The van der Waals surface area contributed by atoms with Crippen molar-refractivity contribution in [1.29, 1.82) is 0 Å². The van der Waals surface area contributed by atoms with Gasteiger partial charge in [-0.15, -0.1) is 0 Å². The van der Waals surface area contributed by atoms with Gasteiger partial charge in [-0.05, 0) is 38.5 Å². The molecule has 0 aromatic heterocycles. The van der Waals surface area contributed by atoms with Gasteiger partial charge in [-0.2, -0.15) is 13.2 Å². The molecular formula is C17H20F4O4. The fourth-order valence-corrected chi connectivity index (χ4v) is 2.35. The van der Waals surface area contributed by atoms with E-state index in [1.165, 1.54) is 40.0 Å². The molecule has 1 aromatic rings. The summed E-state index contributed by atoms with van der Waals surface area (Å²) >= 11 is 0. The Morgan fingerprint density at radius 1 is 1.32 bits per heavy atom. The number of esters is 1. The molecule has 0 aliphatic rings. The molecule has 0 saturated carbocycles. The molecule has 8 heteroatoms. The average molecular weight is 364 g/mol. The van der Waals surface area contributed by atoms with Crippen LogP contribution in [0.3, 0.4) is 0 Å². The lowest BCUT2D eigenvalue weighted by Crippen LogP contribution is -2.53. The molecule has 140 valence electrons. The second-order valence-electron chi connectivity index (χ2n) is 5.32.